The number of aromatic nitrogens is 3. The maximum atomic E-state index is 6.95. The van der Waals surface area contributed by atoms with Gasteiger partial charge in [0.1, 0.15) is 22.7 Å². The Morgan fingerprint density at radius 3 is 1.46 bits per heavy atom. The second-order valence-corrected chi connectivity index (χ2v) is 14.7. The molecular formula is C52H31N3O2. The highest BCUT2D eigenvalue weighted by Crippen LogP contribution is 2.63. The maximum Gasteiger partial charge on any atom is 0.164 e. The van der Waals surface area contributed by atoms with Crippen LogP contribution in [0.3, 0.4) is 0 Å². The van der Waals surface area contributed by atoms with E-state index in [0.717, 1.165) is 72.4 Å². The molecular weight excluding hydrogens is 699 g/mol. The van der Waals surface area contributed by atoms with Gasteiger partial charge in [-0.15, -0.1) is 0 Å². The van der Waals surface area contributed by atoms with Gasteiger partial charge in [-0.3, -0.25) is 0 Å². The molecule has 0 saturated heterocycles. The zero-order valence-electron chi connectivity index (χ0n) is 30.6. The molecule has 0 atom stereocenters. The SMILES string of the molecule is c1ccc(-c2nc(-c3ccccc3)nc(-c3ccc4c(c3)oc3cc(-c5cccc6c5Oc5ccccc5C65c6ccccc6-c6ccccc65)ccc34)n2)cc1. The summed E-state index contributed by atoms with van der Waals surface area (Å²) in [6, 6.07) is 65.4. The van der Waals surface area contributed by atoms with Crippen molar-refractivity contribution in [2.24, 2.45) is 0 Å². The van der Waals surface area contributed by atoms with Crippen molar-refractivity contribution in [2.75, 3.05) is 0 Å². The molecule has 2 aliphatic rings. The number of benzene rings is 8. The quantitative estimate of drug-likeness (QED) is 0.180. The van der Waals surface area contributed by atoms with E-state index in [9.17, 15) is 0 Å². The lowest BCUT2D eigenvalue weighted by Gasteiger charge is -2.40. The van der Waals surface area contributed by atoms with Gasteiger partial charge in [-0.1, -0.05) is 158 Å². The predicted molar refractivity (Wildman–Crippen MR) is 226 cm³/mol. The van der Waals surface area contributed by atoms with Crippen LogP contribution >= 0.6 is 0 Å². The van der Waals surface area contributed by atoms with Crippen LogP contribution in [-0.4, -0.2) is 15.0 Å². The number of fused-ring (bicyclic) bond motifs is 12. The molecule has 1 aliphatic carbocycles. The van der Waals surface area contributed by atoms with Crippen molar-refractivity contribution < 1.29 is 9.15 Å². The first-order valence-electron chi connectivity index (χ1n) is 19.2. The van der Waals surface area contributed by atoms with Crippen molar-refractivity contribution in [3.05, 3.63) is 210 Å². The number of hydrogen-bond acceptors (Lipinski definition) is 5. The zero-order valence-corrected chi connectivity index (χ0v) is 30.6. The Morgan fingerprint density at radius 2 is 0.825 bits per heavy atom. The topological polar surface area (TPSA) is 61.0 Å². The smallest absolute Gasteiger partial charge is 0.164 e. The van der Waals surface area contributed by atoms with E-state index in [2.05, 4.69) is 121 Å². The predicted octanol–water partition coefficient (Wildman–Crippen LogP) is 12.9. The van der Waals surface area contributed by atoms with Crippen molar-refractivity contribution >= 4 is 21.9 Å². The lowest BCUT2D eigenvalue weighted by atomic mass is 9.65. The van der Waals surface area contributed by atoms with Gasteiger partial charge in [-0.2, -0.15) is 0 Å². The fourth-order valence-corrected chi connectivity index (χ4v) is 9.13. The summed E-state index contributed by atoms with van der Waals surface area (Å²) in [6.07, 6.45) is 0. The number of ether oxygens (including phenoxy) is 1. The Labute approximate surface area is 328 Å². The molecule has 57 heavy (non-hydrogen) atoms. The number of para-hydroxylation sites is 2. The molecule has 0 saturated carbocycles. The van der Waals surface area contributed by atoms with Gasteiger partial charge in [0.15, 0.2) is 17.5 Å². The number of nitrogens with zero attached hydrogens (tertiary/aromatic N) is 3. The third kappa shape index (κ3) is 4.66. The highest BCUT2D eigenvalue weighted by molar-refractivity contribution is 6.07. The summed E-state index contributed by atoms with van der Waals surface area (Å²) < 4.78 is 13.6. The monoisotopic (exact) mass is 729 g/mol. The first-order valence-corrected chi connectivity index (χ1v) is 19.2. The minimum Gasteiger partial charge on any atom is -0.456 e. The summed E-state index contributed by atoms with van der Waals surface area (Å²) in [5.41, 5.74) is 13.1. The molecule has 5 heteroatoms. The number of rotatable bonds is 4. The van der Waals surface area contributed by atoms with Gasteiger partial charge in [0.25, 0.3) is 0 Å². The molecule has 0 bridgehead atoms. The fraction of sp³-hybridized carbons (Fsp3) is 0.0192. The molecule has 2 aromatic heterocycles. The molecule has 0 N–H and O–H groups in total. The van der Waals surface area contributed by atoms with Crippen LogP contribution in [0.1, 0.15) is 22.3 Å². The Bertz CT molecular complexity index is 3120. The summed E-state index contributed by atoms with van der Waals surface area (Å²) in [4.78, 5) is 14.8. The lowest BCUT2D eigenvalue weighted by Crippen LogP contribution is -2.32. The van der Waals surface area contributed by atoms with Crippen molar-refractivity contribution in [3.8, 4) is 67.9 Å². The summed E-state index contributed by atoms with van der Waals surface area (Å²) in [5, 5.41) is 2.07. The van der Waals surface area contributed by atoms with Crippen LogP contribution in [0, 0.1) is 0 Å². The van der Waals surface area contributed by atoms with Gasteiger partial charge in [-0.25, -0.2) is 15.0 Å². The van der Waals surface area contributed by atoms with E-state index in [1.54, 1.807) is 0 Å². The van der Waals surface area contributed by atoms with E-state index in [4.69, 9.17) is 24.1 Å². The van der Waals surface area contributed by atoms with Crippen LogP contribution in [0.4, 0.5) is 0 Å². The van der Waals surface area contributed by atoms with Gasteiger partial charge >= 0.3 is 0 Å². The van der Waals surface area contributed by atoms with Gasteiger partial charge in [0.2, 0.25) is 0 Å². The lowest BCUT2D eigenvalue weighted by molar-refractivity contribution is 0.438. The van der Waals surface area contributed by atoms with E-state index in [0.29, 0.717) is 17.5 Å². The maximum absolute atomic E-state index is 6.95. The molecule has 266 valence electrons. The van der Waals surface area contributed by atoms with Gasteiger partial charge in [0, 0.05) is 44.2 Å². The molecule has 0 fully saturated rings. The average Bonchev–Trinajstić information content (AvgIpc) is 3.80. The summed E-state index contributed by atoms with van der Waals surface area (Å²) >= 11 is 0. The highest BCUT2D eigenvalue weighted by Gasteiger charge is 2.51. The normalized spacial score (nSPS) is 13.2. The molecule has 1 spiro atoms. The molecule has 3 heterocycles. The number of furan rings is 1. The van der Waals surface area contributed by atoms with Crippen LogP contribution in [-0.2, 0) is 5.41 Å². The minimum absolute atomic E-state index is 0.525. The summed E-state index contributed by atoms with van der Waals surface area (Å²) in [5.74, 6) is 3.56. The van der Waals surface area contributed by atoms with E-state index in [-0.39, 0.29) is 0 Å². The molecule has 0 radical (unpaired) electrons. The molecule has 0 amide bonds. The summed E-state index contributed by atoms with van der Waals surface area (Å²) in [7, 11) is 0. The Balaban J connectivity index is 1.00. The second kappa shape index (κ2) is 12.2. The first kappa shape index (κ1) is 31.7. The van der Waals surface area contributed by atoms with Crippen LogP contribution in [0.25, 0.3) is 78.4 Å². The van der Waals surface area contributed by atoms with E-state index >= 15 is 0 Å². The third-order valence-electron chi connectivity index (χ3n) is 11.6. The van der Waals surface area contributed by atoms with Crippen LogP contribution in [0.5, 0.6) is 11.5 Å². The van der Waals surface area contributed by atoms with E-state index < -0.39 is 5.41 Å². The molecule has 12 rings (SSSR count). The summed E-state index contributed by atoms with van der Waals surface area (Å²) in [6.45, 7) is 0. The van der Waals surface area contributed by atoms with Crippen molar-refractivity contribution in [1.29, 1.82) is 0 Å². The van der Waals surface area contributed by atoms with E-state index in [1.807, 2.05) is 66.7 Å². The van der Waals surface area contributed by atoms with Gasteiger partial charge in [0.05, 0.1) is 5.41 Å². The van der Waals surface area contributed by atoms with Crippen molar-refractivity contribution in [2.45, 2.75) is 5.41 Å². The fourth-order valence-electron chi connectivity index (χ4n) is 9.13. The first-order chi connectivity index (χ1) is 28.2. The van der Waals surface area contributed by atoms with Crippen molar-refractivity contribution in [3.63, 3.8) is 0 Å². The van der Waals surface area contributed by atoms with E-state index in [1.165, 1.54) is 22.3 Å². The minimum atomic E-state index is -0.525. The van der Waals surface area contributed by atoms with Crippen LogP contribution in [0.2, 0.25) is 0 Å². The van der Waals surface area contributed by atoms with Gasteiger partial charge < -0.3 is 9.15 Å². The zero-order chi connectivity index (χ0) is 37.5. The highest BCUT2D eigenvalue weighted by atomic mass is 16.5. The Hall–Kier alpha value is -7.63. The number of hydrogen-bond donors (Lipinski definition) is 0. The standard InChI is InChI=1S/C52H31N3O2/c1-3-14-32(15-4-1)49-53-50(33-16-5-2-6-17-33)55-51(54-49)35-27-29-40-39-28-26-34(30-46(39)56-47(40)31-35)36-20-13-24-44-48(36)57-45-25-12-11-23-43(45)52(44)41-21-9-7-18-37(41)38-19-8-10-22-42(38)52/h1-31H. The van der Waals surface area contributed by atoms with Gasteiger partial charge in [-0.05, 0) is 58.1 Å². The van der Waals surface area contributed by atoms with Crippen LogP contribution in [0.15, 0.2) is 192 Å². The second-order valence-electron chi connectivity index (χ2n) is 14.7. The molecule has 1 aliphatic heterocycles. The largest absolute Gasteiger partial charge is 0.456 e. The third-order valence-corrected chi connectivity index (χ3v) is 11.6. The molecule has 8 aromatic carbocycles. The average molecular weight is 730 g/mol. The van der Waals surface area contributed by atoms with Crippen molar-refractivity contribution in [1.82, 2.24) is 15.0 Å². The Kier molecular flexibility index (Phi) is 6.78. The molecule has 5 nitrogen and oxygen atoms in total. The van der Waals surface area contributed by atoms with Crippen LogP contribution < -0.4 is 4.74 Å². The Morgan fingerprint density at radius 1 is 0.351 bits per heavy atom. The molecule has 10 aromatic rings. The molecule has 0 unspecified atom stereocenters.